The van der Waals surface area contributed by atoms with Gasteiger partial charge in [0, 0.05) is 11.6 Å². The Labute approximate surface area is 173 Å². The van der Waals surface area contributed by atoms with E-state index in [9.17, 15) is 4.79 Å². The van der Waals surface area contributed by atoms with Crippen molar-refractivity contribution in [2.24, 2.45) is 0 Å². The third kappa shape index (κ3) is 4.43. The lowest BCUT2D eigenvalue weighted by molar-refractivity contribution is -0.139. The van der Waals surface area contributed by atoms with E-state index >= 15 is 0 Å². The lowest BCUT2D eigenvalue weighted by Gasteiger charge is -2.20. The van der Waals surface area contributed by atoms with Gasteiger partial charge in [0.25, 0.3) is 5.89 Å². The van der Waals surface area contributed by atoms with Crippen molar-refractivity contribution in [1.82, 2.24) is 10.2 Å². The Morgan fingerprint density at radius 1 is 1.17 bits per heavy atom. The first-order chi connectivity index (χ1) is 14.6. The molecule has 0 spiro atoms. The Kier molecular flexibility index (Phi) is 5.65. The van der Waals surface area contributed by atoms with Crippen molar-refractivity contribution in [2.45, 2.75) is 13.5 Å². The number of hydrogen-bond donors (Lipinski definition) is 0. The van der Waals surface area contributed by atoms with E-state index in [1.54, 1.807) is 25.3 Å². The number of rotatable bonds is 6. The van der Waals surface area contributed by atoms with Gasteiger partial charge in [0.05, 0.1) is 7.11 Å². The van der Waals surface area contributed by atoms with Gasteiger partial charge in [-0.25, -0.2) is 4.79 Å². The van der Waals surface area contributed by atoms with Crippen LogP contribution in [0.25, 0.3) is 17.5 Å². The largest absolute Gasteiger partial charge is 0.493 e. The van der Waals surface area contributed by atoms with Crippen molar-refractivity contribution in [3.05, 3.63) is 59.5 Å². The third-order valence-corrected chi connectivity index (χ3v) is 4.33. The minimum Gasteiger partial charge on any atom is -0.493 e. The van der Waals surface area contributed by atoms with Crippen LogP contribution >= 0.6 is 0 Å². The fourth-order valence-corrected chi connectivity index (χ4v) is 2.94. The van der Waals surface area contributed by atoms with Crippen molar-refractivity contribution in [3.63, 3.8) is 0 Å². The zero-order valence-electron chi connectivity index (χ0n) is 16.6. The molecule has 1 aliphatic rings. The summed E-state index contributed by atoms with van der Waals surface area (Å²) in [6.45, 7) is 2.78. The molecule has 30 heavy (non-hydrogen) atoms. The van der Waals surface area contributed by atoms with E-state index in [-0.39, 0.29) is 12.5 Å². The van der Waals surface area contributed by atoms with Gasteiger partial charge in [-0.05, 0) is 42.8 Å². The fraction of sp³-hybridized carbons (Fsp3) is 0.227. The lowest BCUT2D eigenvalue weighted by atomic mass is 10.1. The highest BCUT2D eigenvalue weighted by Crippen LogP contribution is 2.40. The standard InChI is InChI=1S/C22H20N2O6/c1-14-4-3-5-16(10-14)22-24-23-19(30-22)13-29-20(25)7-6-15-11-17(26-2)21-18(12-15)27-8-9-28-21/h3-7,10-12H,8-9,13H2,1-2H3/b7-6+. The van der Waals surface area contributed by atoms with Gasteiger partial charge in [-0.2, -0.15) is 0 Å². The molecule has 0 bridgehead atoms. The van der Waals surface area contributed by atoms with E-state index in [1.807, 2.05) is 31.2 Å². The maximum atomic E-state index is 12.1. The Bertz CT molecular complexity index is 1070. The van der Waals surface area contributed by atoms with Gasteiger partial charge in [-0.1, -0.05) is 17.7 Å². The third-order valence-electron chi connectivity index (χ3n) is 4.33. The first-order valence-electron chi connectivity index (χ1n) is 9.34. The summed E-state index contributed by atoms with van der Waals surface area (Å²) >= 11 is 0. The first-order valence-corrected chi connectivity index (χ1v) is 9.34. The molecule has 154 valence electrons. The van der Waals surface area contributed by atoms with Gasteiger partial charge in [0.15, 0.2) is 18.1 Å². The number of nitrogens with zero attached hydrogens (tertiary/aromatic N) is 2. The van der Waals surface area contributed by atoms with Crippen LogP contribution in [0.15, 0.2) is 46.9 Å². The maximum absolute atomic E-state index is 12.1. The molecule has 4 rings (SSSR count). The van der Waals surface area contributed by atoms with Gasteiger partial charge < -0.3 is 23.4 Å². The summed E-state index contributed by atoms with van der Waals surface area (Å²) < 4.78 is 27.2. The number of benzene rings is 2. The average molecular weight is 408 g/mol. The van der Waals surface area contributed by atoms with Crippen LogP contribution in [-0.4, -0.2) is 36.5 Å². The zero-order chi connectivity index (χ0) is 20.9. The van der Waals surface area contributed by atoms with E-state index in [4.69, 9.17) is 23.4 Å². The molecule has 0 amide bonds. The van der Waals surface area contributed by atoms with E-state index < -0.39 is 5.97 Å². The smallest absolute Gasteiger partial charge is 0.331 e. The summed E-state index contributed by atoms with van der Waals surface area (Å²) in [5.41, 5.74) is 2.61. The van der Waals surface area contributed by atoms with Gasteiger partial charge in [-0.3, -0.25) is 0 Å². The highest BCUT2D eigenvalue weighted by molar-refractivity contribution is 5.87. The number of esters is 1. The molecule has 0 fully saturated rings. The Balaban J connectivity index is 1.38. The van der Waals surface area contributed by atoms with Crippen LogP contribution in [0.4, 0.5) is 0 Å². The van der Waals surface area contributed by atoms with Crippen LogP contribution in [0.3, 0.4) is 0 Å². The second-order valence-corrected chi connectivity index (χ2v) is 6.56. The Morgan fingerprint density at radius 2 is 2.03 bits per heavy atom. The normalized spacial score (nSPS) is 12.7. The minimum atomic E-state index is -0.542. The molecule has 0 unspecified atom stereocenters. The molecule has 0 saturated carbocycles. The van der Waals surface area contributed by atoms with Crippen LogP contribution in [0.5, 0.6) is 17.2 Å². The van der Waals surface area contributed by atoms with Gasteiger partial charge in [-0.15, -0.1) is 10.2 Å². The molecule has 0 atom stereocenters. The van der Waals surface area contributed by atoms with E-state index in [0.29, 0.717) is 41.9 Å². The van der Waals surface area contributed by atoms with Crippen molar-refractivity contribution in [3.8, 4) is 28.7 Å². The number of aromatic nitrogens is 2. The average Bonchev–Trinajstić information content (AvgIpc) is 3.25. The van der Waals surface area contributed by atoms with Gasteiger partial charge in [0.1, 0.15) is 13.2 Å². The lowest BCUT2D eigenvalue weighted by Crippen LogP contribution is -2.16. The number of carbonyl (C=O) groups is 1. The molecular formula is C22H20N2O6. The predicted octanol–water partition coefficient (Wildman–Crippen LogP) is 3.58. The second-order valence-electron chi connectivity index (χ2n) is 6.56. The maximum Gasteiger partial charge on any atom is 0.331 e. The Morgan fingerprint density at radius 3 is 2.87 bits per heavy atom. The molecule has 3 aromatic rings. The highest BCUT2D eigenvalue weighted by atomic mass is 16.6. The van der Waals surface area contributed by atoms with E-state index in [1.165, 1.54) is 6.08 Å². The van der Waals surface area contributed by atoms with Crippen molar-refractivity contribution in [2.75, 3.05) is 20.3 Å². The van der Waals surface area contributed by atoms with Crippen molar-refractivity contribution >= 4 is 12.0 Å². The number of ether oxygens (including phenoxy) is 4. The SMILES string of the molecule is COc1cc(/C=C/C(=O)OCc2nnc(-c3cccc(C)c3)o2)cc2c1OCCO2. The first kappa shape index (κ1) is 19.5. The van der Waals surface area contributed by atoms with Crippen LogP contribution in [0, 0.1) is 6.92 Å². The number of hydrogen-bond acceptors (Lipinski definition) is 8. The number of aryl methyl sites for hydroxylation is 1. The molecule has 0 N–H and O–H groups in total. The molecule has 1 aromatic heterocycles. The summed E-state index contributed by atoms with van der Waals surface area (Å²) in [6.07, 6.45) is 2.91. The van der Waals surface area contributed by atoms with E-state index in [2.05, 4.69) is 10.2 Å². The molecule has 0 radical (unpaired) electrons. The molecule has 2 heterocycles. The number of fused-ring (bicyclic) bond motifs is 1. The molecular weight excluding hydrogens is 388 g/mol. The molecule has 8 heteroatoms. The number of methoxy groups -OCH3 is 1. The van der Waals surface area contributed by atoms with Crippen LogP contribution in [0.1, 0.15) is 17.0 Å². The summed E-state index contributed by atoms with van der Waals surface area (Å²) in [4.78, 5) is 12.1. The molecule has 1 aliphatic heterocycles. The summed E-state index contributed by atoms with van der Waals surface area (Å²) in [7, 11) is 1.55. The van der Waals surface area contributed by atoms with Gasteiger partial charge >= 0.3 is 5.97 Å². The molecule has 8 nitrogen and oxygen atoms in total. The minimum absolute atomic E-state index is 0.119. The van der Waals surface area contributed by atoms with Crippen molar-refractivity contribution < 1.29 is 28.2 Å². The number of carbonyl (C=O) groups excluding carboxylic acids is 1. The van der Waals surface area contributed by atoms with Crippen LogP contribution in [0.2, 0.25) is 0 Å². The Hall–Kier alpha value is -3.81. The zero-order valence-corrected chi connectivity index (χ0v) is 16.6. The predicted molar refractivity (Wildman–Crippen MR) is 107 cm³/mol. The van der Waals surface area contributed by atoms with Crippen LogP contribution < -0.4 is 14.2 Å². The van der Waals surface area contributed by atoms with Crippen molar-refractivity contribution in [1.29, 1.82) is 0 Å². The van der Waals surface area contributed by atoms with Crippen LogP contribution in [-0.2, 0) is 16.1 Å². The topological polar surface area (TPSA) is 92.9 Å². The molecule has 2 aromatic carbocycles. The quantitative estimate of drug-likeness (QED) is 0.451. The molecule has 0 aliphatic carbocycles. The molecule has 0 saturated heterocycles. The second kappa shape index (κ2) is 8.69. The van der Waals surface area contributed by atoms with E-state index in [0.717, 1.165) is 11.1 Å². The highest BCUT2D eigenvalue weighted by Gasteiger charge is 2.18. The fourth-order valence-electron chi connectivity index (χ4n) is 2.94. The summed E-state index contributed by atoms with van der Waals surface area (Å²) in [5.74, 6) is 1.72. The summed E-state index contributed by atoms with van der Waals surface area (Å²) in [6, 6.07) is 11.2. The monoisotopic (exact) mass is 408 g/mol. The summed E-state index contributed by atoms with van der Waals surface area (Å²) in [5, 5.41) is 7.91. The van der Waals surface area contributed by atoms with Gasteiger partial charge in [0.2, 0.25) is 11.6 Å².